The lowest BCUT2D eigenvalue weighted by atomic mass is 10.4. The number of nitrogens with zero attached hydrogens (tertiary/aromatic N) is 1. The molecule has 1 rings (SSSR count). The summed E-state index contributed by atoms with van der Waals surface area (Å²) < 4.78 is 62.2. The van der Waals surface area contributed by atoms with Crippen LogP contribution in [0.5, 0.6) is 0 Å². The third-order valence-corrected chi connectivity index (χ3v) is 6.71. The first kappa shape index (κ1) is 15.9. The maximum Gasteiger partial charge on any atom is 0.402 e. The van der Waals surface area contributed by atoms with Gasteiger partial charge >= 0.3 is 6.18 Å². The highest BCUT2D eigenvalue weighted by atomic mass is 79.9. The average Bonchev–Trinajstić information content (AvgIpc) is 2.59. The molecule has 0 fully saturated rings. The molecule has 0 spiro atoms. The minimum Gasteiger partial charge on any atom is -0.206 e. The number of thiophene rings is 1. The predicted molar refractivity (Wildman–Crippen MR) is 67.1 cm³/mol. The van der Waals surface area contributed by atoms with Crippen LogP contribution in [0, 0.1) is 0 Å². The van der Waals surface area contributed by atoms with Gasteiger partial charge in [-0.25, -0.2) is 8.42 Å². The van der Waals surface area contributed by atoms with E-state index in [-0.39, 0.29) is 8.68 Å². The van der Waals surface area contributed by atoms with Crippen molar-refractivity contribution in [3.63, 3.8) is 0 Å². The molecule has 0 amide bonds. The van der Waals surface area contributed by atoms with E-state index in [2.05, 4.69) is 15.9 Å². The van der Waals surface area contributed by atoms with E-state index in [1.165, 1.54) is 25.3 Å². The molecule has 0 saturated carbocycles. The number of alkyl halides is 3. The second kappa shape index (κ2) is 5.48. The summed E-state index contributed by atoms with van der Waals surface area (Å²) >= 11 is 3.91. The van der Waals surface area contributed by atoms with E-state index in [1.54, 1.807) is 0 Å². The Labute approximate surface area is 116 Å². The standard InChI is InChI=1S/C9H11BrF3NO2S2/c1-6(2)14(5-9(11,12)13)18(15,16)8-7(10)3-4-17-8/h3-4,6H,5H2,1-2H3. The molecule has 1 heterocycles. The van der Waals surface area contributed by atoms with E-state index >= 15 is 0 Å². The van der Waals surface area contributed by atoms with Crippen LogP contribution in [0.25, 0.3) is 0 Å². The number of halogens is 4. The molecule has 0 radical (unpaired) electrons. The Morgan fingerprint density at radius 2 is 2.00 bits per heavy atom. The Morgan fingerprint density at radius 1 is 1.44 bits per heavy atom. The number of hydrogen-bond donors (Lipinski definition) is 0. The van der Waals surface area contributed by atoms with Gasteiger partial charge < -0.3 is 0 Å². The molecule has 0 aliphatic carbocycles. The minimum absolute atomic E-state index is 0.111. The molecule has 9 heteroatoms. The second-order valence-corrected chi connectivity index (χ2v) is 7.67. The Bertz CT molecular complexity index is 510. The molecule has 0 aliphatic heterocycles. The van der Waals surface area contributed by atoms with Gasteiger partial charge in [-0.1, -0.05) is 0 Å². The van der Waals surface area contributed by atoms with E-state index in [0.717, 1.165) is 11.3 Å². The lowest BCUT2D eigenvalue weighted by Gasteiger charge is -2.26. The molecule has 0 aromatic carbocycles. The number of hydrogen-bond acceptors (Lipinski definition) is 3. The van der Waals surface area contributed by atoms with Gasteiger partial charge in [0, 0.05) is 10.5 Å². The van der Waals surface area contributed by atoms with Crippen LogP contribution in [0.4, 0.5) is 13.2 Å². The highest BCUT2D eigenvalue weighted by Gasteiger charge is 2.39. The van der Waals surface area contributed by atoms with Crippen LogP contribution in [0.1, 0.15) is 13.8 Å². The molecule has 0 unspecified atom stereocenters. The topological polar surface area (TPSA) is 37.4 Å². The maximum absolute atomic E-state index is 12.4. The maximum atomic E-state index is 12.4. The average molecular weight is 366 g/mol. The Hall–Kier alpha value is -0.120. The summed E-state index contributed by atoms with van der Waals surface area (Å²) in [5, 5.41) is 1.50. The third-order valence-electron chi connectivity index (χ3n) is 2.04. The van der Waals surface area contributed by atoms with Gasteiger partial charge in [0.2, 0.25) is 0 Å². The van der Waals surface area contributed by atoms with Gasteiger partial charge in [0.25, 0.3) is 10.0 Å². The molecule has 0 atom stereocenters. The van der Waals surface area contributed by atoms with E-state index in [1.807, 2.05) is 0 Å². The fraction of sp³-hybridized carbons (Fsp3) is 0.556. The van der Waals surface area contributed by atoms with E-state index < -0.39 is 28.8 Å². The van der Waals surface area contributed by atoms with E-state index in [0.29, 0.717) is 4.31 Å². The molecule has 104 valence electrons. The first-order chi connectivity index (χ1) is 8.05. The number of rotatable bonds is 4. The van der Waals surface area contributed by atoms with Crippen LogP contribution >= 0.6 is 27.3 Å². The molecule has 3 nitrogen and oxygen atoms in total. The number of sulfonamides is 1. The zero-order valence-electron chi connectivity index (χ0n) is 9.53. The van der Waals surface area contributed by atoms with Gasteiger partial charge in [-0.15, -0.1) is 11.3 Å². The zero-order valence-corrected chi connectivity index (χ0v) is 12.8. The monoisotopic (exact) mass is 365 g/mol. The van der Waals surface area contributed by atoms with Crippen molar-refractivity contribution in [1.29, 1.82) is 0 Å². The van der Waals surface area contributed by atoms with Crippen molar-refractivity contribution >= 4 is 37.3 Å². The zero-order chi connectivity index (χ0) is 14.1. The first-order valence-electron chi connectivity index (χ1n) is 4.87. The van der Waals surface area contributed by atoms with Crippen molar-refractivity contribution in [2.45, 2.75) is 30.3 Å². The molecule has 0 aliphatic rings. The first-order valence-corrected chi connectivity index (χ1v) is 7.98. The van der Waals surface area contributed by atoms with Crippen LogP contribution in [0.3, 0.4) is 0 Å². The van der Waals surface area contributed by atoms with Gasteiger partial charge in [-0.05, 0) is 41.2 Å². The summed E-state index contributed by atoms with van der Waals surface area (Å²) in [5.74, 6) is 0. The summed E-state index contributed by atoms with van der Waals surface area (Å²) in [6.07, 6.45) is -4.57. The molecule has 1 aromatic heterocycles. The smallest absolute Gasteiger partial charge is 0.206 e. The summed E-state index contributed by atoms with van der Waals surface area (Å²) in [4.78, 5) is 0. The van der Waals surface area contributed by atoms with E-state index in [4.69, 9.17) is 0 Å². The molecular weight excluding hydrogens is 355 g/mol. The SMILES string of the molecule is CC(C)N(CC(F)(F)F)S(=O)(=O)c1sccc1Br. The van der Waals surface area contributed by atoms with Crippen molar-refractivity contribution < 1.29 is 21.6 Å². The van der Waals surface area contributed by atoms with Gasteiger partial charge in [0.15, 0.2) is 0 Å². The highest BCUT2D eigenvalue weighted by Crippen LogP contribution is 2.32. The van der Waals surface area contributed by atoms with Gasteiger partial charge in [-0.2, -0.15) is 17.5 Å². The largest absolute Gasteiger partial charge is 0.402 e. The normalized spacial score (nSPS) is 13.6. The van der Waals surface area contributed by atoms with Gasteiger partial charge in [0.1, 0.15) is 10.8 Å². The minimum atomic E-state index is -4.57. The fourth-order valence-electron chi connectivity index (χ4n) is 1.29. The fourth-order valence-corrected chi connectivity index (χ4v) is 5.34. The summed E-state index contributed by atoms with van der Waals surface area (Å²) in [6.45, 7) is 1.33. The molecule has 0 bridgehead atoms. The van der Waals surface area contributed by atoms with Crippen LogP contribution in [-0.2, 0) is 10.0 Å². The van der Waals surface area contributed by atoms with Gasteiger partial charge in [-0.3, -0.25) is 0 Å². The quantitative estimate of drug-likeness (QED) is 0.818. The molecule has 18 heavy (non-hydrogen) atoms. The van der Waals surface area contributed by atoms with E-state index in [9.17, 15) is 21.6 Å². The van der Waals surface area contributed by atoms with Gasteiger partial charge in [0.05, 0.1) is 0 Å². The summed E-state index contributed by atoms with van der Waals surface area (Å²) in [7, 11) is -4.14. The van der Waals surface area contributed by atoms with Crippen molar-refractivity contribution in [3.8, 4) is 0 Å². The molecule has 0 N–H and O–H groups in total. The predicted octanol–water partition coefficient (Wildman–Crippen LogP) is 3.47. The van der Waals surface area contributed by atoms with Crippen LogP contribution < -0.4 is 0 Å². The molecule has 0 saturated heterocycles. The van der Waals surface area contributed by atoms with Crippen molar-refractivity contribution in [2.24, 2.45) is 0 Å². The van der Waals surface area contributed by atoms with Crippen molar-refractivity contribution in [1.82, 2.24) is 4.31 Å². The molecular formula is C9H11BrF3NO2S2. The molecule has 1 aromatic rings. The Kier molecular flexibility index (Phi) is 4.85. The Morgan fingerprint density at radius 3 is 2.33 bits per heavy atom. The highest BCUT2D eigenvalue weighted by molar-refractivity contribution is 9.10. The van der Waals surface area contributed by atoms with Crippen LogP contribution in [-0.4, -0.2) is 31.5 Å². The van der Waals surface area contributed by atoms with Crippen molar-refractivity contribution in [3.05, 3.63) is 15.9 Å². The second-order valence-electron chi connectivity index (χ2n) is 3.82. The lowest BCUT2D eigenvalue weighted by molar-refractivity contribution is -0.138. The Balaban J connectivity index is 3.18. The van der Waals surface area contributed by atoms with Crippen LogP contribution in [0.2, 0.25) is 0 Å². The van der Waals surface area contributed by atoms with Crippen molar-refractivity contribution in [2.75, 3.05) is 6.54 Å². The summed E-state index contributed by atoms with van der Waals surface area (Å²) in [6, 6.07) is 0.717. The third kappa shape index (κ3) is 3.69. The summed E-state index contributed by atoms with van der Waals surface area (Å²) in [5.41, 5.74) is 0. The van der Waals surface area contributed by atoms with Crippen LogP contribution in [0.15, 0.2) is 20.1 Å². The lowest BCUT2D eigenvalue weighted by Crippen LogP contribution is -2.43.